The lowest BCUT2D eigenvalue weighted by molar-refractivity contribution is -0.136. The van der Waals surface area contributed by atoms with E-state index >= 15 is 0 Å². The Morgan fingerprint density at radius 1 is 1.50 bits per heavy atom. The smallest absolute Gasteiger partial charge is 0.316 e. The van der Waals surface area contributed by atoms with E-state index in [1.807, 2.05) is 13.8 Å². The first-order valence-electron chi connectivity index (χ1n) is 4.05. The summed E-state index contributed by atoms with van der Waals surface area (Å²) in [5.41, 5.74) is 0. The van der Waals surface area contributed by atoms with Crippen LogP contribution in [-0.4, -0.2) is 32.8 Å². The Balaban J connectivity index is 3.94. The van der Waals surface area contributed by atoms with E-state index in [1.165, 1.54) is 11.8 Å². The molecule has 0 saturated heterocycles. The van der Waals surface area contributed by atoms with Gasteiger partial charge in [-0.25, -0.2) is 0 Å². The molecule has 3 unspecified atom stereocenters. The van der Waals surface area contributed by atoms with Gasteiger partial charge in [0, 0.05) is 5.25 Å². The summed E-state index contributed by atoms with van der Waals surface area (Å²) in [4.78, 5) is 10.6. The molecule has 0 amide bonds. The van der Waals surface area contributed by atoms with Gasteiger partial charge >= 0.3 is 5.97 Å². The van der Waals surface area contributed by atoms with E-state index in [1.54, 1.807) is 6.92 Å². The van der Waals surface area contributed by atoms with Crippen LogP contribution in [0.3, 0.4) is 0 Å². The van der Waals surface area contributed by atoms with Crippen LogP contribution in [0.1, 0.15) is 27.2 Å². The molecule has 3 nitrogen and oxygen atoms in total. The maximum Gasteiger partial charge on any atom is 0.316 e. The van der Waals surface area contributed by atoms with Gasteiger partial charge in [0.25, 0.3) is 0 Å². The fourth-order valence-corrected chi connectivity index (χ4v) is 1.76. The Kier molecular flexibility index (Phi) is 5.33. The third-order valence-electron chi connectivity index (χ3n) is 1.70. The lowest BCUT2D eigenvalue weighted by Crippen LogP contribution is -2.23. The first-order valence-corrected chi connectivity index (χ1v) is 4.99. The van der Waals surface area contributed by atoms with Gasteiger partial charge in [-0.05, 0) is 13.3 Å². The summed E-state index contributed by atoms with van der Waals surface area (Å²) in [6.07, 6.45) is 0.139. The molecule has 0 heterocycles. The third kappa shape index (κ3) is 3.97. The molecule has 0 aliphatic heterocycles. The maximum absolute atomic E-state index is 10.6. The molecule has 0 aliphatic carbocycles. The van der Waals surface area contributed by atoms with Crippen LogP contribution in [0.5, 0.6) is 0 Å². The minimum atomic E-state index is -0.796. The molecule has 0 bridgehead atoms. The molecular formula is C8H16O3S. The minimum absolute atomic E-state index is 0.0222. The van der Waals surface area contributed by atoms with E-state index in [4.69, 9.17) is 10.2 Å². The number of carbonyl (C=O) groups is 1. The molecule has 0 aromatic heterocycles. The highest BCUT2D eigenvalue weighted by Crippen LogP contribution is 2.22. The summed E-state index contributed by atoms with van der Waals surface area (Å²) >= 11 is 1.31. The molecule has 72 valence electrons. The number of rotatable bonds is 5. The molecule has 0 radical (unpaired) electrons. The number of aliphatic hydroxyl groups excluding tert-OH is 1. The standard InChI is InChI=1S/C8H16O3S/c1-4-7(8(10)11)12-6(3)5(2)9/h5-7,9H,4H2,1-3H3,(H,10,11). The fourth-order valence-electron chi connectivity index (χ4n) is 0.702. The molecule has 12 heavy (non-hydrogen) atoms. The number of thioether (sulfide) groups is 1. The fraction of sp³-hybridized carbons (Fsp3) is 0.875. The predicted molar refractivity (Wildman–Crippen MR) is 50.4 cm³/mol. The quantitative estimate of drug-likeness (QED) is 0.690. The van der Waals surface area contributed by atoms with Gasteiger partial charge in [-0.1, -0.05) is 13.8 Å². The molecule has 0 rings (SSSR count). The molecule has 2 N–H and O–H groups in total. The lowest BCUT2D eigenvalue weighted by Gasteiger charge is -2.17. The van der Waals surface area contributed by atoms with Gasteiger partial charge in [-0.2, -0.15) is 0 Å². The van der Waals surface area contributed by atoms with Gasteiger partial charge < -0.3 is 10.2 Å². The third-order valence-corrected chi connectivity index (χ3v) is 3.39. The monoisotopic (exact) mass is 192 g/mol. The zero-order valence-electron chi connectivity index (χ0n) is 7.65. The van der Waals surface area contributed by atoms with Crippen LogP contribution in [0.4, 0.5) is 0 Å². The first-order chi connectivity index (χ1) is 5.49. The van der Waals surface area contributed by atoms with Crippen LogP contribution < -0.4 is 0 Å². The highest BCUT2D eigenvalue weighted by Gasteiger charge is 2.21. The van der Waals surface area contributed by atoms with E-state index in [0.717, 1.165) is 0 Å². The van der Waals surface area contributed by atoms with E-state index in [0.29, 0.717) is 6.42 Å². The summed E-state index contributed by atoms with van der Waals surface area (Å²) < 4.78 is 0. The van der Waals surface area contributed by atoms with E-state index in [2.05, 4.69) is 0 Å². The second-order valence-corrected chi connectivity index (χ2v) is 4.40. The van der Waals surface area contributed by atoms with Gasteiger partial charge in [0.2, 0.25) is 0 Å². The van der Waals surface area contributed by atoms with Crippen molar-refractivity contribution in [2.75, 3.05) is 0 Å². The summed E-state index contributed by atoms with van der Waals surface area (Å²) in [6.45, 7) is 5.34. The van der Waals surface area contributed by atoms with E-state index in [-0.39, 0.29) is 5.25 Å². The number of hydrogen-bond acceptors (Lipinski definition) is 3. The van der Waals surface area contributed by atoms with Crippen molar-refractivity contribution in [2.45, 2.75) is 43.8 Å². The average Bonchev–Trinajstić information content (AvgIpc) is 1.98. The summed E-state index contributed by atoms with van der Waals surface area (Å²) in [5.74, 6) is -0.796. The highest BCUT2D eigenvalue weighted by molar-refractivity contribution is 8.01. The molecule has 0 spiro atoms. The number of aliphatic hydroxyl groups is 1. The van der Waals surface area contributed by atoms with Crippen molar-refractivity contribution in [2.24, 2.45) is 0 Å². The Hall–Kier alpha value is -0.220. The largest absolute Gasteiger partial charge is 0.480 e. The topological polar surface area (TPSA) is 57.5 Å². The van der Waals surface area contributed by atoms with E-state index < -0.39 is 17.3 Å². The van der Waals surface area contributed by atoms with Crippen LogP contribution in [0.15, 0.2) is 0 Å². The Morgan fingerprint density at radius 3 is 2.25 bits per heavy atom. The predicted octanol–water partition coefficient (Wildman–Crippen LogP) is 1.35. The van der Waals surface area contributed by atoms with Crippen molar-refractivity contribution in [1.29, 1.82) is 0 Å². The molecule has 0 saturated carbocycles. The average molecular weight is 192 g/mol. The Morgan fingerprint density at radius 2 is 2.00 bits per heavy atom. The van der Waals surface area contributed by atoms with Gasteiger partial charge in [0.1, 0.15) is 5.25 Å². The van der Waals surface area contributed by atoms with Crippen molar-refractivity contribution in [1.82, 2.24) is 0 Å². The Labute approximate surface area is 77.2 Å². The van der Waals surface area contributed by atoms with Gasteiger partial charge in [0.15, 0.2) is 0 Å². The maximum atomic E-state index is 10.6. The molecule has 3 atom stereocenters. The SMILES string of the molecule is CCC(SC(C)C(C)O)C(=O)O. The van der Waals surface area contributed by atoms with Crippen LogP contribution >= 0.6 is 11.8 Å². The van der Waals surface area contributed by atoms with Crippen LogP contribution in [-0.2, 0) is 4.79 Å². The van der Waals surface area contributed by atoms with Crippen LogP contribution in [0, 0.1) is 0 Å². The molecule has 0 aromatic rings. The first kappa shape index (κ1) is 11.8. The van der Waals surface area contributed by atoms with Gasteiger partial charge in [-0.15, -0.1) is 11.8 Å². The number of carboxylic acids is 1. The van der Waals surface area contributed by atoms with Gasteiger partial charge in [-0.3, -0.25) is 4.79 Å². The Bertz CT molecular complexity index is 147. The van der Waals surface area contributed by atoms with Crippen LogP contribution in [0.25, 0.3) is 0 Å². The molecule has 0 fully saturated rings. The number of carboxylic acid groups (broad SMARTS) is 1. The van der Waals surface area contributed by atoms with E-state index in [9.17, 15) is 4.79 Å². The normalized spacial score (nSPS) is 18.3. The zero-order chi connectivity index (χ0) is 9.72. The minimum Gasteiger partial charge on any atom is -0.480 e. The number of hydrogen-bond donors (Lipinski definition) is 2. The highest BCUT2D eigenvalue weighted by atomic mass is 32.2. The molecule has 4 heteroatoms. The van der Waals surface area contributed by atoms with Crippen molar-refractivity contribution >= 4 is 17.7 Å². The molecular weight excluding hydrogens is 176 g/mol. The number of aliphatic carboxylic acids is 1. The van der Waals surface area contributed by atoms with Crippen molar-refractivity contribution in [3.05, 3.63) is 0 Å². The van der Waals surface area contributed by atoms with Crippen molar-refractivity contribution < 1.29 is 15.0 Å². The van der Waals surface area contributed by atoms with Crippen molar-refractivity contribution in [3.63, 3.8) is 0 Å². The van der Waals surface area contributed by atoms with Crippen LogP contribution in [0.2, 0.25) is 0 Å². The molecule has 0 aromatic carbocycles. The van der Waals surface area contributed by atoms with Crippen molar-refractivity contribution in [3.8, 4) is 0 Å². The zero-order valence-corrected chi connectivity index (χ0v) is 8.47. The lowest BCUT2D eigenvalue weighted by atomic mass is 10.3. The van der Waals surface area contributed by atoms with Gasteiger partial charge in [0.05, 0.1) is 6.10 Å². The summed E-state index contributed by atoms with van der Waals surface area (Å²) in [5, 5.41) is 17.4. The second-order valence-electron chi connectivity index (χ2n) is 2.82. The molecule has 0 aliphatic rings. The second kappa shape index (κ2) is 5.43. The summed E-state index contributed by atoms with van der Waals surface area (Å²) in [7, 11) is 0. The summed E-state index contributed by atoms with van der Waals surface area (Å²) in [6, 6.07) is 0.